The van der Waals surface area contributed by atoms with Gasteiger partial charge in [0, 0.05) is 12.6 Å². The Morgan fingerprint density at radius 1 is 1.37 bits per heavy atom. The summed E-state index contributed by atoms with van der Waals surface area (Å²) in [6.45, 7) is 9.73. The largest absolute Gasteiger partial charge is 0.496 e. The van der Waals surface area contributed by atoms with Crippen LogP contribution < -0.4 is 10.5 Å². The molecule has 2 atom stereocenters. The first-order valence-corrected chi connectivity index (χ1v) is 7.16. The molecule has 2 rings (SSSR count). The maximum atomic E-state index is 5.78. The summed E-state index contributed by atoms with van der Waals surface area (Å²) in [6, 6.07) is 4.76. The van der Waals surface area contributed by atoms with Gasteiger partial charge >= 0.3 is 0 Å². The van der Waals surface area contributed by atoms with Gasteiger partial charge in [-0.15, -0.1) is 0 Å². The molecule has 1 aromatic carbocycles. The van der Waals surface area contributed by atoms with E-state index < -0.39 is 0 Å². The standard InChI is InChI=1S/C16H26N2O/c1-11-12(2)16(19-4)6-5-15(11)13(3)18-8-7-14(9-17)10-18/h5-6,13-14H,7-10,17H2,1-4H3. The van der Waals surface area contributed by atoms with Crippen molar-refractivity contribution in [1.82, 2.24) is 4.90 Å². The van der Waals surface area contributed by atoms with Crippen LogP contribution in [0.3, 0.4) is 0 Å². The van der Waals surface area contributed by atoms with Crippen LogP contribution in [0.15, 0.2) is 12.1 Å². The van der Waals surface area contributed by atoms with Gasteiger partial charge in [0.15, 0.2) is 0 Å². The number of methoxy groups -OCH3 is 1. The van der Waals surface area contributed by atoms with E-state index in [4.69, 9.17) is 10.5 Å². The van der Waals surface area contributed by atoms with E-state index in [0.717, 1.165) is 25.4 Å². The molecule has 2 N–H and O–H groups in total. The molecule has 2 unspecified atom stereocenters. The average Bonchev–Trinajstić information content (AvgIpc) is 2.90. The number of rotatable bonds is 4. The van der Waals surface area contributed by atoms with Crippen LogP contribution in [-0.2, 0) is 0 Å². The Morgan fingerprint density at radius 2 is 2.11 bits per heavy atom. The highest BCUT2D eigenvalue weighted by molar-refractivity contribution is 5.44. The molecule has 1 fully saturated rings. The van der Waals surface area contributed by atoms with E-state index in [-0.39, 0.29) is 0 Å². The van der Waals surface area contributed by atoms with Crippen molar-refractivity contribution in [2.24, 2.45) is 11.7 Å². The summed E-state index contributed by atoms with van der Waals surface area (Å²) in [5.74, 6) is 1.65. The van der Waals surface area contributed by atoms with Gasteiger partial charge in [0.05, 0.1) is 7.11 Å². The Bertz CT molecular complexity index is 445. The first-order valence-electron chi connectivity index (χ1n) is 7.16. The van der Waals surface area contributed by atoms with E-state index >= 15 is 0 Å². The summed E-state index contributed by atoms with van der Waals surface area (Å²) < 4.78 is 5.39. The SMILES string of the molecule is COc1ccc(C(C)N2CCC(CN)C2)c(C)c1C. The summed E-state index contributed by atoms with van der Waals surface area (Å²) in [5, 5.41) is 0. The second-order valence-corrected chi connectivity index (χ2v) is 5.67. The lowest BCUT2D eigenvalue weighted by atomic mass is 9.97. The van der Waals surface area contributed by atoms with Crippen molar-refractivity contribution in [3.8, 4) is 5.75 Å². The zero-order valence-electron chi connectivity index (χ0n) is 12.6. The van der Waals surface area contributed by atoms with Crippen LogP contribution in [0.25, 0.3) is 0 Å². The number of nitrogens with zero attached hydrogens (tertiary/aromatic N) is 1. The Labute approximate surface area is 116 Å². The van der Waals surface area contributed by atoms with Gasteiger partial charge in [-0.3, -0.25) is 4.90 Å². The number of hydrogen-bond acceptors (Lipinski definition) is 3. The summed E-state index contributed by atoms with van der Waals surface area (Å²) in [6.07, 6.45) is 1.23. The van der Waals surface area contributed by atoms with Crippen molar-refractivity contribution in [3.05, 3.63) is 28.8 Å². The number of ether oxygens (including phenoxy) is 1. The van der Waals surface area contributed by atoms with Crippen LogP contribution in [0.4, 0.5) is 0 Å². The lowest BCUT2D eigenvalue weighted by Gasteiger charge is -2.27. The second kappa shape index (κ2) is 5.93. The lowest BCUT2D eigenvalue weighted by Crippen LogP contribution is -2.26. The molecule has 0 saturated carbocycles. The summed E-state index contributed by atoms with van der Waals surface area (Å²) in [7, 11) is 1.73. The van der Waals surface area contributed by atoms with Crippen LogP contribution in [0, 0.1) is 19.8 Å². The predicted octanol–water partition coefficient (Wildman–Crippen LogP) is 2.65. The third-order valence-electron chi connectivity index (χ3n) is 4.65. The third-order valence-corrected chi connectivity index (χ3v) is 4.65. The van der Waals surface area contributed by atoms with Crippen LogP contribution in [0.2, 0.25) is 0 Å². The molecule has 0 amide bonds. The molecular formula is C16H26N2O. The minimum Gasteiger partial charge on any atom is -0.496 e. The second-order valence-electron chi connectivity index (χ2n) is 5.67. The third kappa shape index (κ3) is 2.77. The van der Waals surface area contributed by atoms with Gasteiger partial charge in [0.1, 0.15) is 5.75 Å². The Hall–Kier alpha value is -1.06. The van der Waals surface area contributed by atoms with Crippen molar-refractivity contribution >= 4 is 0 Å². The molecule has 0 radical (unpaired) electrons. The molecule has 1 aromatic rings. The normalized spacial score (nSPS) is 21.6. The molecule has 3 nitrogen and oxygen atoms in total. The van der Waals surface area contributed by atoms with E-state index in [0.29, 0.717) is 12.0 Å². The topological polar surface area (TPSA) is 38.5 Å². The molecule has 106 valence electrons. The smallest absolute Gasteiger partial charge is 0.122 e. The van der Waals surface area contributed by atoms with Gasteiger partial charge in [-0.05, 0) is 69.0 Å². The van der Waals surface area contributed by atoms with Crippen molar-refractivity contribution in [3.63, 3.8) is 0 Å². The summed E-state index contributed by atoms with van der Waals surface area (Å²) >= 11 is 0. The quantitative estimate of drug-likeness (QED) is 0.906. The first-order chi connectivity index (χ1) is 9.08. The average molecular weight is 262 g/mol. The van der Waals surface area contributed by atoms with Gasteiger partial charge in [0.2, 0.25) is 0 Å². The predicted molar refractivity (Wildman–Crippen MR) is 79.6 cm³/mol. The molecule has 1 aliphatic rings. The minimum absolute atomic E-state index is 0.459. The number of likely N-dealkylation sites (tertiary alicyclic amines) is 1. The van der Waals surface area contributed by atoms with E-state index in [2.05, 4.69) is 37.8 Å². The number of nitrogens with two attached hydrogens (primary N) is 1. The van der Waals surface area contributed by atoms with Crippen molar-refractivity contribution in [2.75, 3.05) is 26.7 Å². The summed E-state index contributed by atoms with van der Waals surface area (Å²) in [4.78, 5) is 2.55. The van der Waals surface area contributed by atoms with Gasteiger partial charge in [-0.2, -0.15) is 0 Å². The molecule has 0 aliphatic carbocycles. The molecule has 0 bridgehead atoms. The van der Waals surface area contributed by atoms with Gasteiger partial charge in [-0.1, -0.05) is 6.07 Å². The zero-order valence-corrected chi connectivity index (χ0v) is 12.6. The Balaban J connectivity index is 2.20. The number of benzene rings is 1. The monoisotopic (exact) mass is 262 g/mol. The van der Waals surface area contributed by atoms with E-state index in [1.165, 1.54) is 23.1 Å². The highest BCUT2D eigenvalue weighted by Crippen LogP contribution is 2.32. The fraction of sp³-hybridized carbons (Fsp3) is 0.625. The van der Waals surface area contributed by atoms with Crippen LogP contribution in [-0.4, -0.2) is 31.6 Å². The van der Waals surface area contributed by atoms with Gasteiger partial charge in [0.25, 0.3) is 0 Å². The van der Waals surface area contributed by atoms with Crippen molar-refractivity contribution in [2.45, 2.75) is 33.2 Å². The molecule has 1 aliphatic heterocycles. The first kappa shape index (κ1) is 14.4. The van der Waals surface area contributed by atoms with E-state index in [1.54, 1.807) is 7.11 Å². The molecular weight excluding hydrogens is 236 g/mol. The van der Waals surface area contributed by atoms with E-state index in [9.17, 15) is 0 Å². The zero-order chi connectivity index (χ0) is 14.0. The van der Waals surface area contributed by atoms with Crippen molar-refractivity contribution < 1.29 is 4.74 Å². The minimum atomic E-state index is 0.459. The van der Waals surface area contributed by atoms with Crippen LogP contribution in [0.5, 0.6) is 5.75 Å². The highest BCUT2D eigenvalue weighted by atomic mass is 16.5. The molecule has 0 spiro atoms. The molecule has 3 heteroatoms. The molecule has 1 heterocycles. The van der Waals surface area contributed by atoms with E-state index in [1.807, 2.05) is 0 Å². The van der Waals surface area contributed by atoms with Crippen molar-refractivity contribution in [1.29, 1.82) is 0 Å². The van der Waals surface area contributed by atoms with Crippen LogP contribution in [0.1, 0.15) is 36.1 Å². The maximum Gasteiger partial charge on any atom is 0.122 e. The Kier molecular flexibility index (Phi) is 4.48. The summed E-state index contributed by atoms with van der Waals surface area (Å²) in [5.41, 5.74) is 9.80. The lowest BCUT2D eigenvalue weighted by molar-refractivity contribution is 0.252. The maximum absolute atomic E-state index is 5.78. The van der Waals surface area contributed by atoms with Gasteiger partial charge < -0.3 is 10.5 Å². The molecule has 1 saturated heterocycles. The van der Waals surface area contributed by atoms with Gasteiger partial charge in [-0.25, -0.2) is 0 Å². The fourth-order valence-corrected chi connectivity index (χ4v) is 3.09. The Morgan fingerprint density at radius 3 is 2.68 bits per heavy atom. The molecule has 0 aromatic heterocycles. The highest BCUT2D eigenvalue weighted by Gasteiger charge is 2.27. The number of hydrogen-bond donors (Lipinski definition) is 1. The molecule has 19 heavy (non-hydrogen) atoms. The van der Waals surface area contributed by atoms with Crippen LogP contribution >= 0.6 is 0 Å². The fourth-order valence-electron chi connectivity index (χ4n) is 3.09.